The van der Waals surface area contributed by atoms with Gasteiger partial charge in [0.25, 0.3) is 0 Å². The fraction of sp³-hybridized carbons (Fsp3) is 0.176. The Morgan fingerprint density at radius 2 is 1.83 bits per heavy atom. The predicted octanol–water partition coefficient (Wildman–Crippen LogP) is 3.87. The van der Waals surface area contributed by atoms with E-state index in [9.17, 15) is 8.78 Å². The zero-order valence-electron chi connectivity index (χ0n) is 12.5. The van der Waals surface area contributed by atoms with Gasteiger partial charge >= 0.3 is 0 Å². The number of halogens is 2. The van der Waals surface area contributed by atoms with E-state index in [2.05, 4.69) is 15.3 Å². The Balaban J connectivity index is 1.71. The average Bonchev–Trinajstić information content (AvgIpc) is 3.02. The molecular formula is C17H15F2N3O. The molecule has 1 N–H and O–H groups in total. The maximum atomic E-state index is 13.7. The lowest BCUT2D eigenvalue weighted by Gasteiger charge is -2.12. The number of hydrogen-bond acceptors (Lipinski definition) is 4. The van der Waals surface area contributed by atoms with Gasteiger partial charge in [0.05, 0.1) is 5.69 Å². The molecule has 0 aliphatic heterocycles. The van der Waals surface area contributed by atoms with Crippen molar-refractivity contribution in [1.82, 2.24) is 15.3 Å². The van der Waals surface area contributed by atoms with Crippen LogP contribution in [0.25, 0.3) is 11.5 Å². The Kier molecular flexibility index (Phi) is 4.43. The van der Waals surface area contributed by atoms with E-state index < -0.39 is 11.6 Å². The van der Waals surface area contributed by atoms with Crippen molar-refractivity contribution in [3.8, 4) is 11.5 Å². The van der Waals surface area contributed by atoms with Crippen LogP contribution in [-0.4, -0.2) is 9.97 Å². The van der Waals surface area contributed by atoms with Crippen LogP contribution in [-0.2, 0) is 6.54 Å². The van der Waals surface area contributed by atoms with E-state index >= 15 is 0 Å². The highest BCUT2D eigenvalue weighted by atomic mass is 19.1. The summed E-state index contributed by atoms with van der Waals surface area (Å²) in [5.74, 6) is -1.46. The Bertz CT molecular complexity index is 769. The molecule has 0 saturated carbocycles. The van der Waals surface area contributed by atoms with Gasteiger partial charge in [0.1, 0.15) is 23.5 Å². The van der Waals surface area contributed by atoms with Gasteiger partial charge in [-0.05, 0) is 36.8 Å². The zero-order valence-corrected chi connectivity index (χ0v) is 12.5. The predicted molar refractivity (Wildman–Crippen MR) is 81.3 cm³/mol. The van der Waals surface area contributed by atoms with Crippen molar-refractivity contribution < 1.29 is 13.2 Å². The lowest BCUT2D eigenvalue weighted by atomic mass is 10.1. The summed E-state index contributed by atoms with van der Waals surface area (Å²) >= 11 is 0. The van der Waals surface area contributed by atoms with E-state index in [0.717, 1.165) is 5.56 Å². The molecule has 2 heterocycles. The largest absolute Gasteiger partial charge is 0.444 e. The second-order valence-corrected chi connectivity index (χ2v) is 5.12. The van der Waals surface area contributed by atoms with Crippen molar-refractivity contribution in [2.75, 3.05) is 0 Å². The third-order valence-electron chi connectivity index (χ3n) is 3.52. The summed E-state index contributed by atoms with van der Waals surface area (Å²) in [6.45, 7) is 2.43. The summed E-state index contributed by atoms with van der Waals surface area (Å²) in [5, 5.41) is 3.27. The fourth-order valence-corrected chi connectivity index (χ4v) is 2.23. The van der Waals surface area contributed by atoms with Crippen LogP contribution in [0.15, 0.2) is 53.4 Å². The summed E-state index contributed by atoms with van der Waals surface area (Å²) in [6.07, 6.45) is 4.85. The zero-order chi connectivity index (χ0) is 16.2. The van der Waals surface area contributed by atoms with Crippen molar-refractivity contribution in [1.29, 1.82) is 0 Å². The Labute approximate surface area is 132 Å². The molecule has 1 aromatic carbocycles. The maximum absolute atomic E-state index is 13.7. The Morgan fingerprint density at radius 1 is 1.13 bits per heavy atom. The third kappa shape index (κ3) is 3.43. The molecule has 0 fully saturated rings. The van der Waals surface area contributed by atoms with Crippen LogP contribution in [0, 0.1) is 11.6 Å². The van der Waals surface area contributed by atoms with E-state index in [-0.39, 0.29) is 17.5 Å². The highest BCUT2D eigenvalue weighted by molar-refractivity contribution is 5.55. The van der Waals surface area contributed by atoms with Crippen molar-refractivity contribution in [3.05, 3.63) is 71.9 Å². The molecule has 0 unspecified atom stereocenters. The second-order valence-electron chi connectivity index (χ2n) is 5.12. The molecule has 3 aromatic rings. The number of rotatable bonds is 5. The molecule has 0 radical (unpaired) electrons. The van der Waals surface area contributed by atoms with Gasteiger partial charge in [0.15, 0.2) is 0 Å². The molecule has 4 nitrogen and oxygen atoms in total. The van der Waals surface area contributed by atoms with Gasteiger partial charge in [0, 0.05) is 25.0 Å². The molecule has 0 saturated heterocycles. The first-order valence-electron chi connectivity index (χ1n) is 7.17. The molecule has 1 atom stereocenters. The van der Waals surface area contributed by atoms with Gasteiger partial charge in [-0.3, -0.25) is 4.98 Å². The molecule has 23 heavy (non-hydrogen) atoms. The molecule has 0 bridgehead atoms. The van der Waals surface area contributed by atoms with Crippen LogP contribution >= 0.6 is 0 Å². The molecule has 0 aliphatic carbocycles. The number of nitrogens with zero attached hydrogens (tertiary/aromatic N) is 2. The van der Waals surface area contributed by atoms with Crippen LogP contribution in [0.1, 0.15) is 24.2 Å². The normalized spacial score (nSPS) is 12.3. The number of aromatic nitrogens is 2. The average molecular weight is 315 g/mol. The van der Waals surface area contributed by atoms with E-state index in [1.54, 1.807) is 12.4 Å². The van der Waals surface area contributed by atoms with E-state index in [1.165, 1.54) is 24.5 Å². The number of nitrogens with one attached hydrogen (secondary N) is 1. The lowest BCUT2D eigenvalue weighted by molar-refractivity contribution is 0.537. The van der Waals surface area contributed by atoms with Gasteiger partial charge in [-0.1, -0.05) is 6.07 Å². The molecule has 0 amide bonds. The molecular weight excluding hydrogens is 300 g/mol. The van der Waals surface area contributed by atoms with Crippen LogP contribution in [0.2, 0.25) is 0 Å². The molecule has 0 spiro atoms. The highest BCUT2D eigenvalue weighted by Crippen LogP contribution is 2.25. The number of benzene rings is 1. The molecule has 0 aliphatic rings. The van der Waals surface area contributed by atoms with Crippen LogP contribution < -0.4 is 5.32 Å². The van der Waals surface area contributed by atoms with Crippen molar-refractivity contribution in [2.45, 2.75) is 19.5 Å². The van der Waals surface area contributed by atoms with Gasteiger partial charge in [-0.2, -0.15) is 0 Å². The smallest absolute Gasteiger partial charge is 0.232 e. The summed E-state index contributed by atoms with van der Waals surface area (Å²) in [7, 11) is 0. The minimum atomic E-state index is -0.698. The van der Waals surface area contributed by atoms with Crippen molar-refractivity contribution in [3.63, 3.8) is 0 Å². The quantitative estimate of drug-likeness (QED) is 0.776. The van der Waals surface area contributed by atoms with Crippen LogP contribution in [0.3, 0.4) is 0 Å². The van der Waals surface area contributed by atoms with Crippen molar-refractivity contribution in [2.24, 2.45) is 0 Å². The Morgan fingerprint density at radius 3 is 2.52 bits per heavy atom. The standard InChI is InChI=1S/C17H15F2N3O/c1-11(12-5-7-20-8-6-12)21-9-13-10-23-17(22-13)16-14(18)3-2-4-15(16)19/h2-8,10-11,21H,9H2,1H3/t11-/m1/s1. The summed E-state index contributed by atoms with van der Waals surface area (Å²) < 4.78 is 32.6. The van der Waals surface area contributed by atoms with E-state index in [0.29, 0.717) is 12.2 Å². The highest BCUT2D eigenvalue weighted by Gasteiger charge is 2.16. The summed E-state index contributed by atoms with van der Waals surface area (Å²) in [6, 6.07) is 7.57. The maximum Gasteiger partial charge on any atom is 0.232 e. The monoisotopic (exact) mass is 315 g/mol. The van der Waals surface area contributed by atoms with E-state index in [4.69, 9.17) is 4.42 Å². The number of oxazole rings is 1. The van der Waals surface area contributed by atoms with Gasteiger partial charge in [-0.15, -0.1) is 0 Å². The third-order valence-corrected chi connectivity index (χ3v) is 3.52. The molecule has 2 aromatic heterocycles. The molecule has 6 heteroatoms. The second kappa shape index (κ2) is 6.66. The van der Waals surface area contributed by atoms with E-state index in [1.807, 2.05) is 19.1 Å². The topological polar surface area (TPSA) is 51.0 Å². The first kappa shape index (κ1) is 15.3. The minimum absolute atomic E-state index is 0.0611. The van der Waals surface area contributed by atoms with Gasteiger partial charge < -0.3 is 9.73 Å². The first-order valence-corrected chi connectivity index (χ1v) is 7.17. The lowest BCUT2D eigenvalue weighted by Crippen LogP contribution is -2.18. The van der Waals surface area contributed by atoms with Gasteiger partial charge in [0.2, 0.25) is 5.89 Å². The van der Waals surface area contributed by atoms with Crippen LogP contribution in [0.5, 0.6) is 0 Å². The molecule has 118 valence electrons. The fourth-order valence-electron chi connectivity index (χ4n) is 2.23. The number of hydrogen-bond donors (Lipinski definition) is 1. The number of pyridine rings is 1. The first-order chi connectivity index (χ1) is 11.1. The van der Waals surface area contributed by atoms with Crippen LogP contribution in [0.4, 0.5) is 8.78 Å². The van der Waals surface area contributed by atoms with Crippen molar-refractivity contribution >= 4 is 0 Å². The Hall–Kier alpha value is -2.60. The minimum Gasteiger partial charge on any atom is -0.444 e. The molecule has 3 rings (SSSR count). The summed E-state index contributed by atoms with van der Waals surface area (Å²) in [4.78, 5) is 8.12. The summed E-state index contributed by atoms with van der Waals surface area (Å²) in [5.41, 5.74) is 1.41. The SMILES string of the molecule is C[C@@H](NCc1coc(-c2c(F)cccc2F)n1)c1ccncc1. The van der Waals surface area contributed by atoms with Gasteiger partial charge in [-0.25, -0.2) is 13.8 Å².